The van der Waals surface area contributed by atoms with Crippen LogP contribution in [0.1, 0.15) is 32.5 Å². The summed E-state index contributed by atoms with van der Waals surface area (Å²) in [6.07, 6.45) is -3.11. The molecule has 0 aliphatic rings. The highest BCUT2D eigenvalue weighted by Crippen LogP contribution is 2.24. The van der Waals surface area contributed by atoms with Gasteiger partial charge in [0.2, 0.25) is 0 Å². The maximum Gasteiger partial charge on any atom is 0.573 e. The third-order valence-corrected chi connectivity index (χ3v) is 4.55. The van der Waals surface area contributed by atoms with E-state index in [0.717, 1.165) is 12.8 Å². The summed E-state index contributed by atoms with van der Waals surface area (Å²) in [6, 6.07) is 5.30. The summed E-state index contributed by atoms with van der Waals surface area (Å²) < 4.78 is 43.8. The van der Waals surface area contributed by atoms with Gasteiger partial charge >= 0.3 is 12.1 Å². The monoisotopic (exact) mass is 425 g/mol. The van der Waals surface area contributed by atoms with Crippen molar-refractivity contribution in [2.24, 2.45) is 0 Å². The summed E-state index contributed by atoms with van der Waals surface area (Å²) in [5, 5.41) is 3.06. The molecule has 0 unspecified atom stereocenters. The molecule has 0 fully saturated rings. The molecule has 2 heterocycles. The molecule has 162 valence electrons. The van der Waals surface area contributed by atoms with Crippen molar-refractivity contribution in [1.82, 2.24) is 19.1 Å². The zero-order valence-corrected chi connectivity index (χ0v) is 16.5. The quantitative estimate of drug-likeness (QED) is 0.578. The minimum Gasteiger partial charge on any atom is -0.406 e. The van der Waals surface area contributed by atoms with Crippen LogP contribution in [0.3, 0.4) is 0 Å². The van der Waals surface area contributed by atoms with Gasteiger partial charge in [-0.05, 0) is 37.6 Å². The average molecular weight is 425 g/mol. The first-order valence-electron chi connectivity index (χ1n) is 9.55. The molecular formula is C19H22F3N5O3. The molecule has 0 atom stereocenters. The molecule has 0 spiro atoms. The number of ether oxygens (including phenoxy) is 1. The molecule has 8 nitrogen and oxygen atoms in total. The van der Waals surface area contributed by atoms with Gasteiger partial charge in [0.1, 0.15) is 11.6 Å². The second-order valence-electron chi connectivity index (χ2n) is 6.63. The Morgan fingerprint density at radius 3 is 2.43 bits per heavy atom. The second kappa shape index (κ2) is 8.64. The first-order valence-corrected chi connectivity index (χ1v) is 9.55. The van der Waals surface area contributed by atoms with E-state index in [1.807, 2.05) is 13.8 Å². The van der Waals surface area contributed by atoms with E-state index in [0.29, 0.717) is 35.8 Å². The van der Waals surface area contributed by atoms with Crippen molar-refractivity contribution in [2.45, 2.75) is 52.7 Å². The number of benzene rings is 1. The van der Waals surface area contributed by atoms with Crippen molar-refractivity contribution in [3.8, 4) is 5.75 Å². The number of aromatic nitrogens is 4. The standard InChI is InChI=1S/C19H22F3N5O3/c1-3-5-10-27-16-15(17(28)25-18(27)29)26(4-2)14(24-16)11-23-12-6-8-13(9-7-12)30-19(20,21)22/h6-9,23H,3-5,10-11H2,1-2H3,(H,25,28,29). The maximum absolute atomic E-state index is 12.4. The fraction of sp³-hybridized carbons (Fsp3) is 0.421. The third-order valence-electron chi connectivity index (χ3n) is 4.55. The minimum atomic E-state index is -4.75. The number of H-pyrrole nitrogens is 1. The fourth-order valence-corrected chi connectivity index (χ4v) is 3.17. The van der Waals surface area contributed by atoms with Crippen molar-refractivity contribution >= 4 is 16.9 Å². The van der Waals surface area contributed by atoms with Crippen molar-refractivity contribution in [3.05, 3.63) is 50.9 Å². The summed E-state index contributed by atoms with van der Waals surface area (Å²) in [5.74, 6) is 0.213. The number of halogens is 3. The van der Waals surface area contributed by atoms with Gasteiger partial charge in [0.05, 0.1) is 6.54 Å². The van der Waals surface area contributed by atoms with E-state index in [2.05, 4.69) is 20.0 Å². The largest absolute Gasteiger partial charge is 0.573 e. The zero-order chi connectivity index (χ0) is 21.9. The smallest absolute Gasteiger partial charge is 0.406 e. The minimum absolute atomic E-state index is 0.212. The maximum atomic E-state index is 12.4. The number of aromatic amines is 1. The van der Waals surface area contributed by atoms with Crippen LogP contribution in [0, 0.1) is 0 Å². The van der Waals surface area contributed by atoms with Gasteiger partial charge in [0.15, 0.2) is 11.2 Å². The van der Waals surface area contributed by atoms with Gasteiger partial charge in [-0.2, -0.15) is 0 Å². The van der Waals surface area contributed by atoms with E-state index in [4.69, 9.17) is 0 Å². The molecule has 11 heteroatoms. The van der Waals surface area contributed by atoms with Crippen molar-refractivity contribution in [1.29, 1.82) is 0 Å². The van der Waals surface area contributed by atoms with Gasteiger partial charge in [-0.15, -0.1) is 13.2 Å². The Morgan fingerprint density at radius 2 is 1.83 bits per heavy atom. The summed E-state index contributed by atoms with van der Waals surface area (Å²) in [4.78, 5) is 31.5. The van der Waals surface area contributed by atoms with Crippen LogP contribution in [0.2, 0.25) is 0 Å². The Labute approximate surface area is 169 Å². The number of nitrogens with zero attached hydrogens (tertiary/aromatic N) is 3. The predicted molar refractivity (Wildman–Crippen MR) is 106 cm³/mol. The van der Waals surface area contributed by atoms with Crippen LogP contribution in [-0.4, -0.2) is 25.5 Å². The van der Waals surface area contributed by atoms with Crippen LogP contribution in [-0.2, 0) is 19.6 Å². The molecule has 0 aliphatic heterocycles. The van der Waals surface area contributed by atoms with Gasteiger partial charge < -0.3 is 14.6 Å². The average Bonchev–Trinajstić information content (AvgIpc) is 3.05. The molecule has 0 aliphatic carbocycles. The highest BCUT2D eigenvalue weighted by atomic mass is 19.4. The van der Waals surface area contributed by atoms with Crippen LogP contribution in [0.15, 0.2) is 33.9 Å². The van der Waals surface area contributed by atoms with E-state index < -0.39 is 17.6 Å². The van der Waals surface area contributed by atoms with Crippen LogP contribution < -0.4 is 21.3 Å². The number of anilines is 1. The van der Waals surface area contributed by atoms with Crippen molar-refractivity contribution in [2.75, 3.05) is 5.32 Å². The lowest BCUT2D eigenvalue weighted by molar-refractivity contribution is -0.274. The lowest BCUT2D eigenvalue weighted by Crippen LogP contribution is -2.31. The van der Waals surface area contributed by atoms with Crippen LogP contribution in [0.5, 0.6) is 5.75 Å². The number of fused-ring (bicyclic) bond motifs is 1. The van der Waals surface area contributed by atoms with E-state index in [1.165, 1.54) is 28.8 Å². The van der Waals surface area contributed by atoms with Crippen LogP contribution in [0.4, 0.5) is 18.9 Å². The number of hydrogen-bond donors (Lipinski definition) is 2. The molecule has 3 aromatic rings. The normalized spacial score (nSPS) is 11.8. The number of hydrogen-bond acceptors (Lipinski definition) is 5. The summed E-state index contributed by atoms with van der Waals surface area (Å²) >= 11 is 0. The second-order valence-corrected chi connectivity index (χ2v) is 6.63. The lowest BCUT2D eigenvalue weighted by atomic mass is 10.3. The summed E-state index contributed by atoms with van der Waals surface area (Å²) in [6.45, 7) is 4.97. The van der Waals surface area contributed by atoms with Gasteiger partial charge in [-0.25, -0.2) is 9.78 Å². The topological polar surface area (TPSA) is 93.9 Å². The Bertz CT molecular complexity index is 1130. The van der Waals surface area contributed by atoms with Crippen LogP contribution >= 0.6 is 0 Å². The number of nitrogens with one attached hydrogen (secondary N) is 2. The van der Waals surface area contributed by atoms with E-state index in [-0.39, 0.29) is 12.3 Å². The van der Waals surface area contributed by atoms with Gasteiger partial charge in [0.25, 0.3) is 5.56 Å². The molecular weight excluding hydrogens is 403 g/mol. The van der Waals surface area contributed by atoms with E-state index in [1.54, 1.807) is 4.57 Å². The Hall–Kier alpha value is -3.24. The SMILES string of the molecule is CCCCn1c(=O)[nH]c(=O)c2c1nc(CNc1ccc(OC(F)(F)F)cc1)n2CC. The third kappa shape index (κ3) is 4.66. The van der Waals surface area contributed by atoms with Crippen molar-refractivity contribution < 1.29 is 17.9 Å². The number of alkyl halides is 3. The van der Waals surface area contributed by atoms with E-state index in [9.17, 15) is 22.8 Å². The van der Waals surface area contributed by atoms with Gasteiger partial charge in [-0.3, -0.25) is 14.3 Å². The zero-order valence-electron chi connectivity index (χ0n) is 16.5. The molecule has 0 saturated carbocycles. The molecule has 0 bridgehead atoms. The van der Waals surface area contributed by atoms with E-state index >= 15 is 0 Å². The molecule has 2 aromatic heterocycles. The Morgan fingerprint density at radius 1 is 1.13 bits per heavy atom. The molecule has 3 rings (SSSR count). The van der Waals surface area contributed by atoms with Crippen molar-refractivity contribution in [3.63, 3.8) is 0 Å². The lowest BCUT2D eigenvalue weighted by Gasteiger charge is -2.11. The van der Waals surface area contributed by atoms with Crippen LogP contribution in [0.25, 0.3) is 11.2 Å². The first kappa shape index (κ1) is 21.5. The molecule has 0 amide bonds. The highest BCUT2D eigenvalue weighted by molar-refractivity contribution is 5.71. The predicted octanol–water partition coefficient (Wildman–Crippen LogP) is 3.22. The first-order chi connectivity index (χ1) is 14.2. The number of rotatable bonds is 8. The fourth-order valence-electron chi connectivity index (χ4n) is 3.17. The summed E-state index contributed by atoms with van der Waals surface area (Å²) in [5.41, 5.74) is 0.193. The van der Waals surface area contributed by atoms with Gasteiger partial charge in [0, 0.05) is 18.8 Å². The number of aryl methyl sites for hydroxylation is 2. The van der Waals surface area contributed by atoms with Gasteiger partial charge in [-0.1, -0.05) is 13.3 Å². The Kier molecular flexibility index (Phi) is 6.18. The number of imidazole rings is 1. The molecule has 0 radical (unpaired) electrons. The Balaban J connectivity index is 1.88. The molecule has 30 heavy (non-hydrogen) atoms. The summed E-state index contributed by atoms with van der Waals surface area (Å²) in [7, 11) is 0. The molecule has 1 aromatic carbocycles. The molecule has 2 N–H and O–H groups in total. The molecule has 0 saturated heterocycles. The number of unbranched alkanes of at least 4 members (excludes halogenated alkanes) is 1. The highest BCUT2D eigenvalue weighted by Gasteiger charge is 2.31.